The maximum Gasteiger partial charge on any atom is 0.226 e. The van der Waals surface area contributed by atoms with Crippen LogP contribution in [0.4, 0.5) is 5.13 Å². The fraction of sp³-hybridized carbons (Fsp3) is 0.500. The zero-order valence-corrected chi connectivity index (χ0v) is 10.5. The van der Waals surface area contributed by atoms with Crippen molar-refractivity contribution in [3.05, 3.63) is 11.8 Å². The number of anilines is 1. The molecular weight excluding hydrogens is 246 g/mol. The summed E-state index contributed by atoms with van der Waals surface area (Å²) in [7, 11) is 0. The average molecular weight is 257 g/mol. The van der Waals surface area contributed by atoms with E-state index in [4.69, 9.17) is 10.2 Å². The lowest BCUT2D eigenvalue weighted by atomic mass is 10.2. The van der Waals surface area contributed by atoms with E-state index in [0.717, 1.165) is 4.34 Å². The Morgan fingerprint density at radius 1 is 1.31 bits per heavy atom. The molecule has 2 rings (SSSR count). The molecule has 0 aliphatic rings. The molecule has 8 heteroatoms. The van der Waals surface area contributed by atoms with Crippen LogP contribution in [0.5, 0.6) is 0 Å². The van der Waals surface area contributed by atoms with Crippen LogP contribution in [0, 0.1) is 0 Å². The van der Waals surface area contributed by atoms with E-state index in [1.807, 2.05) is 13.8 Å². The zero-order chi connectivity index (χ0) is 11.5. The Bertz CT molecular complexity index is 466. The molecule has 86 valence electrons. The minimum Gasteiger partial charge on any atom is -0.424 e. The molecule has 0 aliphatic heterocycles. The second-order valence-electron chi connectivity index (χ2n) is 3.38. The Labute approximate surface area is 101 Å². The number of thioether (sulfide) groups is 1. The van der Waals surface area contributed by atoms with E-state index in [0.29, 0.717) is 22.7 Å². The molecule has 0 bridgehead atoms. The van der Waals surface area contributed by atoms with Gasteiger partial charge in [0.2, 0.25) is 16.9 Å². The molecule has 0 spiro atoms. The smallest absolute Gasteiger partial charge is 0.226 e. The summed E-state index contributed by atoms with van der Waals surface area (Å²) in [4.78, 5) is 0. The summed E-state index contributed by atoms with van der Waals surface area (Å²) < 4.78 is 6.26. The third kappa shape index (κ3) is 2.70. The van der Waals surface area contributed by atoms with Gasteiger partial charge in [-0.05, 0) is 0 Å². The first kappa shape index (κ1) is 11.3. The van der Waals surface area contributed by atoms with E-state index in [-0.39, 0.29) is 5.92 Å². The molecule has 0 aromatic carbocycles. The topological polar surface area (TPSA) is 90.7 Å². The molecule has 2 heterocycles. The molecule has 16 heavy (non-hydrogen) atoms. The first-order valence-corrected chi connectivity index (χ1v) is 6.49. The van der Waals surface area contributed by atoms with E-state index in [1.54, 1.807) is 0 Å². The molecule has 0 radical (unpaired) electrons. The van der Waals surface area contributed by atoms with Gasteiger partial charge in [0.15, 0.2) is 4.34 Å². The van der Waals surface area contributed by atoms with Gasteiger partial charge in [0.1, 0.15) is 0 Å². The van der Waals surface area contributed by atoms with Crippen molar-refractivity contribution in [2.75, 3.05) is 5.73 Å². The quantitative estimate of drug-likeness (QED) is 0.836. The molecule has 0 saturated heterocycles. The highest BCUT2D eigenvalue weighted by Gasteiger charge is 2.10. The Kier molecular flexibility index (Phi) is 3.39. The Balaban J connectivity index is 1.94. The van der Waals surface area contributed by atoms with Gasteiger partial charge in [0.25, 0.3) is 0 Å². The van der Waals surface area contributed by atoms with Crippen LogP contribution in [0.15, 0.2) is 8.76 Å². The van der Waals surface area contributed by atoms with Crippen LogP contribution >= 0.6 is 23.1 Å². The second-order valence-corrected chi connectivity index (χ2v) is 5.62. The van der Waals surface area contributed by atoms with Crippen LogP contribution in [-0.2, 0) is 5.75 Å². The van der Waals surface area contributed by atoms with Crippen LogP contribution in [0.25, 0.3) is 0 Å². The third-order valence-corrected chi connectivity index (χ3v) is 3.59. The highest BCUT2D eigenvalue weighted by molar-refractivity contribution is 8.00. The Hall–Kier alpha value is -1.15. The van der Waals surface area contributed by atoms with Gasteiger partial charge in [0, 0.05) is 5.92 Å². The lowest BCUT2D eigenvalue weighted by Crippen LogP contribution is -1.85. The first-order chi connectivity index (χ1) is 7.65. The number of nitrogen functional groups attached to an aromatic ring is 1. The molecule has 0 fully saturated rings. The van der Waals surface area contributed by atoms with Crippen molar-refractivity contribution >= 4 is 28.2 Å². The average Bonchev–Trinajstić information content (AvgIpc) is 2.83. The lowest BCUT2D eigenvalue weighted by molar-refractivity contribution is 0.445. The van der Waals surface area contributed by atoms with Crippen LogP contribution in [-0.4, -0.2) is 20.4 Å². The fourth-order valence-electron chi connectivity index (χ4n) is 0.960. The molecule has 0 unspecified atom stereocenters. The SMILES string of the molecule is CC(C)c1nnc(CSc2nnc(N)s2)o1. The molecule has 2 aromatic heterocycles. The Morgan fingerprint density at radius 3 is 2.69 bits per heavy atom. The van der Waals surface area contributed by atoms with Crippen molar-refractivity contribution in [1.29, 1.82) is 0 Å². The van der Waals surface area contributed by atoms with Crippen molar-refractivity contribution < 1.29 is 4.42 Å². The third-order valence-electron chi connectivity index (χ3n) is 1.72. The highest BCUT2D eigenvalue weighted by atomic mass is 32.2. The first-order valence-electron chi connectivity index (χ1n) is 4.69. The van der Waals surface area contributed by atoms with E-state index in [1.165, 1.54) is 23.1 Å². The molecule has 0 atom stereocenters. The van der Waals surface area contributed by atoms with Gasteiger partial charge in [-0.2, -0.15) is 0 Å². The van der Waals surface area contributed by atoms with Gasteiger partial charge < -0.3 is 10.2 Å². The maximum atomic E-state index is 5.47. The van der Waals surface area contributed by atoms with Crippen molar-refractivity contribution in [2.45, 2.75) is 29.9 Å². The molecular formula is C8H11N5OS2. The van der Waals surface area contributed by atoms with Gasteiger partial charge in [0.05, 0.1) is 5.75 Å². The van der Waals surface area contributed by atoms with Crippen molar-refractivity contribution in [3.63, 3.8) is 0 Å². The predicted octanol–water partition coefficient (Wildman–Crippen LogP) is 1.92. The standard InChI is InChI=1S/C8H11N5OS2/c1-4(2)6-11-10-5(14-6)3-15-8-13-12-7(9)16-8/h4H,3H2,1-2H3,(H2,9,12). The van der Waals surface area contributed by atoms with E-state index in [2.05, 4.69) is 20.4 Å². The van der Waals surface area contributed by atoms with Gasteiger partial charge in [-0.1, -0.05) is 36.9 Å². The second kappa shape index (κ2) is 4.79. The van der Waals surface area contributed by atoms with E-state index < -0.39 is 0 Å². The number of nitrogens with zero attached hydrogens (tertiary/aromatic N) is 4. The van der Waals surface area contributed by atoms with Gasteiger partial charge >= 0.3 is 0 Å². The van der Waals surface area contributed by atoms with Crippen LogP contribution < -0.4 is 5.73 Å². The summed E-state index contributed by atoms with van der Waals surface area (Å²) >= 11 is 2.84. The van der Waals surface area contributed by atoms with Crippen molar-refractivity contribution in [3.8, 4) is 0 Å². The molecule has 2 aromatic rings. The summed E-state index contributed by atoms with van der Waals surface area (Å²) in [6.45, 7) is 4.02. The lowest BCUT2D eigenvalue weighted by Gasteiger charge is -1.94. The minimum absolute atomic E-state index is 0.253. The number of aromatic nitrogens is 4. The summed E-state index contributed by atoms with van der Waals surface area (Å²) in [5.41, 5.74) is 5.47. The summed E-state index contributed by atoms with van der Waals surface area (Å²) in [5, 5.41) is 16.0. The van der Waals surface area contributed by atoms with Gasteiger partial charge in [-0.25, -0.2) is 0 Å². The van der Waals surface area contributed by atoms with Gasteiger partial charge in [-0.3, -0.25) is 0 Å². The fourth-order valence-corrected chi connectivity index (χ4v) is 2.43. The Morgan fingerprint density at radius 2 is 2.12 bits per heavy atom. The normalized spacial score (nSPS) is 11.2. The summed E-state index contributed by atoms with van der Waals surface area (Å²) in [6.07, 6.45) is 0. The van der Waals surface area contributed by atoms with Gasteiger partial charge in [-0.15, -0.1) is 20.4 Å². The molecule has 6 nitrogen and oxygen atoms in total. The van der Waals surface area contributed by atoms with Crippen molar-refractivity contribution in [2.24, 2.45) is 0 Å². The van der Waals surface area contributed by atoms with Crippen LogP contribution in [0.3, 0.4) is 0 Å². The monoisotopic (exact) mass is 257 g/mol. The summed E-state index contributed by atoms with van der Waals surface area (Å²) in [6, 6.07) is 0. The van der Waals surface area contributed by atoms with Crippen LogP contribution in [0.1, 0.15) is 31.5 Å². The number of hydrogen-bond acceptors (Lipinski definition) is 8. The van der Waals surface area contributed by atoms with Crippen molar-refractivity contribution in [1.82, 2.24) is 20.4 Å². The number of rotatable bonds is 4. The maximum absolute atomic E-state index is 5.47. The summed E-state index contributed by atoms with van der Waals surface area (Å²) in [5.74, 6) is 2.10. The van der Waals surface area contributed by atoms with E-state index in [9.17, 15) is 0 Å². The molecule has 0 saturated carbocycles. The highest BCUT2D eigenvalue weighted by Crippen LogP contribution is 2.26. The largest absolute Gasteiger partial charge is 0.424 e. The van der Waals surface area contributed by atoms with Crippen LogP contribution in [0.2, 0.25) is 0 Å². The number of hydrogen-bond donors (Lipinski definition) is 1. The molecule has 0 aliphatic carbocycles. The molecule has 2 N–H and O–H groups in total. The predicted molar refractivity (Wildman–Crippen MR) is 62.3 cm³/mol. The van der Waals surface area contributed by atoms with E-state index >= 15 is 0 Å². The zero-order valence-electron chi connectivity index (χ0n) is 8.88. The molecule has 0 amide bonds. The number of nitrogens with two attached hydrogens (primary N) is 1. The minimum atomic E-state index is 0.253.